The Balaban J connectivity index is 2.24. The maximum atomic E-state index is 12.0. The molecule has 1 saturated heterocycles. The van der Waals surface area contributed by atoms with Gasteiger partial charge in [0, 0.05) is 11.3 Å². The highest BCUT2D eigenvalue weighted by molar-refractivity contribution is 7.10. The van der Waals surface area contributed by atoms with E-state index >= 15 is 0 Å². The monoisotopic (exact) mass is 307 g/mol. The molecule has 0 aliphatic carbocycles. The van der Waals surface area contributed by atoms with Crippen LogP contribution in [-0.4, -0.2) is 35.0 Å². The minimum Gasteiger partial charge on any atom is -0.295 e. The summed E-state index contributed by atoms with van der Waals surface area (Å²) in [6.45, 7) is 3.63. The summed E-state index contributed by atoms with van der Waals surface area (Å²) in [6, 6.07) is 1.18. The Kier molecular flexibility index (Phi) is 4.85. The molecule has 0 bridgehead atoms. The summed E-state index contributed by atoms with van der Waals surface area (Å²) in [5.74, 6) is -0.293. The number of thiophene rings is 1. The van der Waals surface area contributed by atoms with Crippen molar-refractivity contribution in [2.75, 3.05) is 0 Å². The summed E-state index contributed by atoms with van der Waals surface area (Å²) in [6.07, 6.45) is 1.92. The van der Waals surface area contributed by atoms with E-state index in [-0.39, 0.29) is 5.91 Å². The fraction of sp³-hybridized carbons (Fsp3) is 0.429. The number of hydrogen-bond donors (Lipinski definition) is 1. The topological polar surface area (TPSA) is 78.8 Å². The number of nitrogens with one attached hydrogen (secondary N) is 1. The van der Waals surface area contributed by atoms with Gasteiger partial charge in [0.05, 0.1) is 5.69 Å². The number of carbonyl (C=O) groups is 3. The average Bonchev–Trinajstić information content (AvgIpc) is 2.74. The van der Waals surface area contributed by atoms with Crippen LogP contribution < -0.4 is 5.32 Å². The molecule has 7 heteroatoms. The largest absolute Gasteiger partial charge is 0.295 e. The Bertz CT molecular complexity index is 594. The van der Waals surface area contributed by atoms with Crippen molar-refractivity contribution in [2.24, 2.45) is 4.99 Å². The molecule has 6 nitrogen and oxygen atoms in total. The van der Waals surface area contributed by atoms with Gasteiger partial charge in [-0.3, -0.25) is 24.6 Å². The quantitative estimate of drug-likeness (QED) is 0.400. The molecule has 1 aromatic rings. The summed E-state index contributed by atoms with van der Waals surface area (Å²) in [5, 5.41) is 4.22. The summed E-state index contributed by atoms with van der Waals surface area (Å²) in [7, 11) is 0. The molecule has 1 fully saturated rings. The molecule has 0 radical (unpaired) electrons. The van der Waals surface area contributed by atoms with Crippen molar-refractivity contribution in [1.29, 1.82) is 0 Å². The Hall–Kier alpha value is -2.02. The second-order valence-corrected chi connectivity index (χ2v) is 5.97. The van der Waals surface area contributed by atoms with Crippen molar-refractivity contribution in [3.63, 3.8) is 0 Å². The highest BCUT2D eigenvalue weighted by atomic mass is 32.1. The van der Waals surface area contributed by atoms with Crippen LogP contribution in [0.2, 0.25) is 0 Å². The number of imide groups is 1. The highest BCUT2D eigenvalue weighted by Crippen LogP contribution is 2.24. The van der Waals surface area contributed by atoms with Gasteiger partial charge in [-0.2, -0.15) is 0 Å². The number of hydrogen-bond acceptors (Lipinski definition) is 5. The van der Waals surface area contributed by atoms with Crippen LogP contribution in [0.15, 0.2) is 16.4 Å². The van der Waals surface area contributed by atoms with Crippen LogP contribution in [0.25, 0.3) is 0 Å². The Morgan fingerprint density at radius 1 is 1.52 bits per heavy atom. The first-order chi connectivity index (χ1) is 10.0. The van der Waals surface area contributed by atoms with Crippen molar-refractivity contribution in [1.82, 2.24) is 10.2 Å². The van der Waals surface area contributed by atoms with Crippen molar-refractivity contribution in [3.05, 3.63) is 16.3 Å². The van der Waals surface area contributed by atoms with Gasteiger partial charge in [0.2, 0.25) is 18.2 Å². The molecule has 1 aliphatic rings. The van der Waals surface area contributed by atoms with Crippen LogP contribution in [0, 0.1) is 6.92 Å². The lowest BCUT2D eigenvalue weighted by Gasteiger charge is -2.25. The third-order valence-corrected chi connectivity index (χ3v) is 4.22. The normalized spacial score (nSPS) is 19.9. The molecule has 1 N–H and O–H groups in total. The van der Waals surface area contributed by atoms with Gasteiger partial charge in [0.1, 0.15) is 11.9 Å². The molecule has 1 aromatic heterocycles. The Labute approximate surface area is 126 Å². The minimum atomic E-state index is -0.684. The van der Waals surface area contributed by atoms with E-state index in [1.165, 1.54) is 4.90 Å². The van der Waals surface area contributed by atoms with E-state index in [1.807, 2.05) is 18.4 Å². The number of amides is 3. The second kappa shape index (κ2) is 6.62. The van der Waals surface area contributed by atoms with Gasteiger partial charge >= 0.3 is 0 Å². The third kappa shape index (κ3) is 3.55. The molecule has 21 heavy (non-hydrogen) atoms. The van der Waals surface area contributed by atoms with Gasteiger partial charge in [0.25, 0.3) is 0 Å². The van der Waals surface area contributed by atoms with E-state index in [2.05, 4.69) is 10.3 Å². The number of rotatable bonds is 3. The molecule has 3 amide bonds. The molecule has 2 heterocycles. The van der Waals surface area contributed by atoms with Crippen LogP contribution in [0.3, 0.4) is 0 Å². The van der Waals surface area contributed by atoms with Crippen molar-refractivity contribution >= 4 is 41.1 Å². The molecule has 1 atom stereocenters. The lowest BCUT2D eigenvalue weighted by Crippen LogP contribution is -2.48. The molecule has 112 valence electrons. The maximum Gasteiger partial charge on any atom is 0.249 e. The smallest absolute Gasteiger partial charge is 0.249 e. The van der Waals surface area contributed by atoms with Gasteiger partial charge in [0.15, 0.2) is 0 Å². The van der Waals surface area contributed by atoms with E-state index in [0.717, 1.165) is 10.6 Å². The predicted molar refractivity (Wildman–Crippen MR) is 80.5 cm³/mol. The van der Waals surface area contributed by atoms with Crippen molar-refractivity contribution < 1.29 is 14.4 Å². The zero-order valence-electron chi connectivity index (χ0n) is 12.0. The van der Waals surface area contributed by atoms with Gasteiger partial charge in [-0.05, 0) is 38.1 Å². The molecule has 0 saturated carbocycles. The molecule has 2 rings (SSSR count). The average molecular weight is 307 g/mol. The fourth-order valence-corrected chi connectivity index (χ4v) is 2.87. The predicted octanol–water partition coefficient (Wildman–Crippen LogP) is 1.76. The zero-order chi connectivity index (χ0) is 15.4. The fourth-order valence-electron chi connectivity index (χ4n) is 2.24. The van der Waals surface area contributed by atoms with Gasteiger partial charge in [-0.25, -0.2) is 4.99 Å². The van der Waals surface area contributed by atoms with E-state index in [1.54, 1.807) is 18.3 Å². The van der Waals surface area contributed by atoms with Crippen LogP contribution in [0.4, 0.5) is 5.69 Å². The summed E-state index contributed by atoms with van der Waals surface area (Å²) >= 11 is 1.57. The first-order valence-electron chi connectivity index (χ1n) is 6.69. The van der Waals surface area contributed by atoms with Crippen molar-refractivity contribution in [2.45, 2.75) is 39.2 Å². The minimum absolute atomic E-state index is 0.295. The lowest BCUT2D eigenvalue weighted by molar-refractivity contribution is -0.134. The highest BCUT2D eigenvalue weighted by Gasteiger charge is 2.30. The second-order valence-electron chi connectivity index (χ2n) is 4.85. The molecule has 0 aromatic carbocycles. The molecule has 1 unspecified atom stereocenters. The van der Waals surface area contributed by atoms with Crippen LogP contribution in [0.5, 0.6) is 0 Å². The van der Waals surface area contributed by atoms with Crippen molar-refractivity contribution in [3.8, 4) is 0 Å². The Morgan fingerprint density at radius 3 is 2.90 bits per heavy atom. The molecular formula is C14H17N3O3S. The first-order valence-corrected chi connectivity index (χ1v) is 7.57. The molecule has 0 spiro atoms. The lowest BCUT2D eigenvalue weighted by atomic mass is 10.1. The third-order valence-electron chi connectivity index (χ3n) is 3.38. The summed E-state index contributed by atoms with van der Waals surface area (Å²) in [5.41, 5.74) is 0.787. The van der Waals surface area contributed by atoms with E-state index < -0.39 is 11.9 Å². The van der Waals surface area contributed by atoms with Gasteiger partial charge in [-0.1, -0.05) is 0 Å². The van der Waals surface area contributed by atoms with E-state index in [4.69, 9.17) is 0 Å². The van der Waals surface area contributed by atoms with E-state index in [0.29, 0.717) is 31.5 Å². The van der Waals surface area contributed by atoms with Crippen LogP contribution in [0.1, 0.15) is 31.1 Å². The van der Waals surface area contributed by atoms with Gasteiger partial charge < -0.3 is 0 Å². The number of aliphatic imine (C=N–C) groups is 1. The summed E-state index contributed by atoms with van der Waals surface area (Å²) in [4.78, 5) is 41.5. The molecule has 1 aliphatic heterocycles. The summed E-state index contributed by atoms with van der Waals surface area (Å²) < 4.78 is 0. The zero-order valence-corrected chi connectivity index (χ0v) is 12.8. The number of carbonyl (C=O) groups excluding carboxylic acids is 3. The SMILES string of the molecule is C/C(=N/c1ccsc1C)N(C=O)C1CCCC(=O)NC1=O. The van der Waals surface area contributed by atoms with Crippen LogP contribution in [-0.2, 0) is 14.4 Å². The first kappa shape index (κ1) is 15.4. The van der Waals surface area contributed by atoms with E-state index in [9.17, 15) is 14.4 Å². The van der Waals surface area contributed by atoms with Crippen LogP contribution >= 0.6 is 11.3 Å². The number of nitrogens with zero attached hydrogens (tertiary/aromatic N) is 2. The molecular weight excluding hydrogens is 290 g/mol. The number of aryl methyl sites for hydroxylation is 1. The Morgan fingerprint density at radius 2 is 2.29 bits per heavy atom. The van der Waals surface area contributed by atoms with Gasteiger partial charge in [-0.15, -0.1) is 11.3 Å². The standard InChI is InChI=1S/C14H17N3O3S/c1-9-11(6-7-21-9)15-10(2)17(8-18)12-4-3-5-13(19)16-14(12)20/h6-8,12H,3-5H2,1-2H3,(H,16,19,20)/b15-10-. The maximum absolute atomic E-state index is 12.0. The number of amidine groups is 1.